The van der Waals surface area contributed by atoms with E-state index in [1.54, 1.807) is 0 Å². The van der Waals surface area contributed by atoms with Crippen LogP contribution >= 0.6 is 15.9 Å². The molecule has 0 spiro atoms. The molecule has 0 aliphatic rings. The van der Waals surface area contributed by atoms with Gasteiger partial charge in [0.2, 0.25) is 0 Å². The molecule has 5 heteroatoms. The van der Waals surface area contributed by atoms with Crippen molar-refractivity contribution in [1.29, 1.82) is 5.26 Å². The quantitative estimate of drug-likeness (QED) is 0.734. The Labute approximate surface area is 130 Å². The SMILES string of the molecule is N#Cc1c(N)nc2ccccc2c1Nc1cccc(Br)c1. The van der Waals surface area contributed by atoms with Crippen LogP contribution in [0.5, 0.6) is 0 Å². The molecule has 3 N–H and O–H groups in total. The van der Waals surface area contributed by atoms with Crippen LogP contribution in [0.25, 0.3) is 10.9 Å². The number of pyridine rings is 1. The molecule has 3 aromatic rings. The van der Waals surface area contributed by atoms with Crippen LogP contribution in [-0.2, 0) is 0 Å². The number of rotatable bonds is 2. The van der Waals surface area contributed by atoms with Gasteiger partial charge in [0, 0.05) is 15.5 Å². The molecule has 0 bridgehead atoms. The Balaban J connectivity index is 2.22. The molecule has 1 aromatic heterocycles. The second kappa shape index (κ2) is 5.43. The lowest BCUT2D eigenvalue weighted by atomic mass is 10.1. The molecule has 102 valence electrons. The standard InChI is InChI=1S/C16H11BrN4/c17-10-4-3-5-11(8-10)20-15-12-6-1-2-7-14(12)21-16(19)13(15)9-18/h1-8H,(H3,19,20,21). The maximum atomic E-state index is 9.37. The van der Waals surface area contributed by atoms with E-state index in [0.29, 0.717) is 11.3 Å². The van der Waals surface area contributed by atoms with Gasteiger partial charge in [0.25, 0.3) is 0 Å². The van der Waals surface area contributed by atoms with Gasteiger partial charge in [-0.3, -0.25) is 0 Å². The summed E-state index contributed by atoms with van der Waals surface area (Å²) in [7, 11) is 0. The first-order valence-electron chi connectivity index (χ1n) is 6.30. The van der Waals surface area contributed by atoms with Crippen LogP contribution < -0.4 is 11.1 Å². The number of hydrogen-bond acceptors (Lipinski definition) is 4. The Bertz CT molecular complexity index is 868. The summed E-state index contributed by atoms with van der Waals surface area (Å²) in [6, 6.07) is 17.5. The monoisotopic (exact) mass is 338 g/mol. The third-order valence-electron chi connectivity index (χ3n) is 3.13. The number of nitrogens with one attached hydrogen (secondary N) is 1. The number of nitrogens with zero attached hydrogens (tertiary/aromatic N) is 2. The van der Waals surface area contributed by atoms with E-state index in [2.05, 4.69) is 32.3 Å². The highest BCUT2D eigenvalue weighted by Crippen LogP contribution is 2.32. The third-order valence-corrected chi connectivity index (χ3v) is 3.62. The van der Waals surface area contributed by atoms with Gasteiger partial charge in [-0.1, -0.05) is 40.2 Å². The van der Waals surface area contributed by atoms with E-state index < -0.39 is 0 Å². The fourth-order valence-electron chi connectivity index (χ4n) is 2.18. The number of nitrogen functional groups attached to an aromatic ring is 1. The van der Waals surface area contributed by atoms with Gasteiger partial charge in [-0.15, -0.1) is 0 Å². The van der Waals surface area contributed by atoms with E-state index in [4.69, 9.17) is 5.73 Å². The molecule has 0 amide bonds. The summed E-state index contributed by atoms with van der Waals surface area (Å²) >= 11 is 3.43. The van der Waals surface area contributed by atoms with Crippen LogP contribution in [-0.4, -0.2) is 4.98 Å². The normalized spacial score (nSPS) is 10.3. The Kier molecular flexibility index (Phi) is 3.46. The first kappa shape index (κ1) is 13.4. The van der Waals surface area contributed by atoms with E-state index in [1.165, 1.54) is 0 Å². The van der Waals surface area contributed by atoms with E-state index in [-0.39, 0.29) is 5.82 Å². The number of fused-ring (bicyclic) bond motifs is 1. The van der Waals surface area contributed by atoms with Crippen molar-refractivity contribution in [2.45, 2.75) is 0 Å². The van der Waals surface area contributed by atoms with Crippen molar-refractivity contribution in [3.8, 4) is 6.07 Å². The second-order valence-electron chi connectivity index (χ2n) is 4.51. The van der Waals surface area contributed by atoms with Crippen LogP contribution in [0.1, 0.15) is 5.56 Å². The Morgan fingerprint density at radius 3 is 2.71 bits per heavy atom. The van der Waals surface area contributed by atoms with Gasteiger partial charge in [-0.25, -0.2) is 4.98 Å². The van der Waals surface area contributed by atoms with Gasteiger partial charge in [0.15, 0.2) is 0 Å². The molecule has 0 radical (unpaired) electrons. The third kappa shape index (κ3) is 2.54. The lowest BCUT2D eigenvalue weighted by Crippen LogP contribution is -2.02. The summed E-state index contributed by atoms with van der Waals surface area (Å²) in [6.45, 7) is 0. The first-order valence-corrected chi connectivity index (χ1v) is 7.09. The van der Waals surface area contributed by atoms with Gasteiger partial charge in [-0.2, -0.15) is 5.26 Å². The highest BCUT2D eigenvalue weighted by atomic mass is 79.9. The van der Waals surface area contributed by atoms with E-state index in [1.807, 2.05) is 48.5 Å². The molecular weight excluding hydrogens is 328 g/mol. The van der Waals surface area contributed by atoms with Gasteiger partial charge in [0.1, 0.15) is 17.5 Å². The largest absolute Gasteiger partial charge is 0.383 e. The predicted octanol–water partition coefficient (Wildman–Crippen LogP) is 4.19. The van der Waals surface area contributed by atoms with Crippen molar-refractivity contribution in [3.63, 3.8) is 0 Å². The van der Waals surface area contributed by atoms with Crippen molar-refractivity contribution in [2.75, 3.05) is 11.1 Å². The van der Waals surface area contributed by atoms with Gasteiger partial charge in [0.05, 0.1) is 11.2 Å². The van der Waals surface area contributed by atoms with Crippen LogP contribution in [0, 0.1) is 11.3 Å². The Morgan fingerprint density at radius 2 is 1.95 bits per heavy atom. The fraction of sp³-hybridized carbons (Fsp3) is 0. The van der Waals surface area contributed by atoms with Crippen molar-refractivity contribution < 1.29 is 0 Å². The average Bonchev–Trinajstić information content (AvgIpc) is 2.47. The number of para-hydroxylation sites is 1. The fourth-order valence-corrected chi connectivity index (χ4v) is 2.58. The molecule has 0 fully saturated rings. The van der Waals surface area contributed by atoms with E-state index >= 15 is 0 Å². The highest BCUT2D eigenvalue weighted by molar-refractivity contribution is 9.10. The van der Waals surface area contributed by atoms with Gasteiger partial charge >= 0.3 is 0 Å². The minimum Gasteiger partial charge on any atom is -0.383 e. The molecule has 0 saturated carbocycles. The molecule has 0 saturated heterocycles. The summed E-state index contributed by atoms with van der Waals surface area (Å²) in [5.74, 6) is 0.230. The Morgan fingerprint density at radius 1 is 1.14 bits per heavy atom. The molecule has 0 aliphatic heterocycles. The maximum Gasteiger partial charge on any atom is 0.144 e. The summed E-state index contributed by atoms with van der Waals surface area (Å²) < 4.78 is 0.956. The smallest absolute Gasteiger partial charge is 0.144 e. The molecule has 3 rings (SSSR count). The van der Waals surface area contributed by atoms with Crippen LogP contribution in [0.3, 0.4) is 0 Å². The van der Waals surface area contributed by atoms with E-state index in [0.717, 1.165) is 21.1 Å². The number of aromatic nitrogens is 1. The Hall–Kier alpha value is -2.58. The maximum absolute atomic E-state index is 9.37. The molecular formula is C16H11BrN4. The second-order valence-corrected chi connectivity index (χ2v) is 5.43. The van der Waals surface area contributed by atoms with Crippen molar-refractivity contribution >= 4 is 44.0 Å². The number of hydrogen-bond donors (Lipinski definition) is 2. The molecule has 2 aromatic carbocycles. The zero-order valence-corrected chi connectivity index (χ0v) is 12.6. The lowest BCUT2D eigenvalue weighted by Gasteiger charge is -2.13. The number of nitriles is 1. The minimum absolute atomic E-state index is 0.230. The van der Waals surface area contributed by atoms with Crippen LogP contribution in [0.15, 0.2) is 53.0 Å². The molecule has 0 atom stereocenters. The van der Waals surface area contributed by atoms with Crippen LogP contribution in [0.2, 0.25) is 0 Å². The number of halogens is 1. The topological polar surface area (TPSA) is 74.7 Å². The van der Waals surface area contributed by atoms with Gasteiger partial charge in [-0.05, 0) is 24.3 Å². The van der Waals surface area contributed by atoms with Crippen molar-refractivity contribution in [1.82, 2.24) is 4.98 Å². The summed E-state index contributed by atoms with van der Waals surface area (Å²) in [4.78, 5) is 4.27. The molecule has 21 heavy (non-hydrogen) atoms. The first-order chi connectivity index (χ1) is 10.2. The van der Waals surface area contributed by atoms with Crippen molar-refractivity contribution in [2.24, 2.45) is 0 Å². The molecule has 4 nitrogen and oxygen atoms in total. The summed E-state index contributed by atoms with van der Waals surface area (Å²) in [6.07, 6.45) is 0. The minimum atomic E-state index is 0.230. The van der Waals surface area contributed by atoms with Crippen LogP contribution in [0.4, 0.5) is 17.2 Å². The highest BCUT2D eigenvalue weighted by Gasteiger charge is 2.13. The summed E-state index contributed by atoms with van der Waals surface area (Å²) in [5, 5.41) is 13.5. The lowest BCUT2D eigenvalue weighted by molar-refractivity contribution is 1.37. The summed E-state index contributed by atoms with van der Waals surface area (Å²) in [5.41, 5.74) is 8.56. The molecule has 0 unspecified atom stereocenters. The zero-order chi connectivity index (χ0) is 14.8. The number of nitrogens with two attached hydrogens (primary N) is 1. The van der Waals surface area contributed by atoms with Crippen molar-refractivity contribution in [3.05, 3.63) is 58.6 Å². The zero-order valence-electron chi connectivity index (χ0n) is 11.0. The molecule has 0 aliphatic carbocycles. The number of benzene rings is 2. The molecule has 1 heterocycles. The predicted molar refractivity (Wildman–Crippen MR) is 88.3 cm³/mol. The van der Waals surface area contributed by atoms with E-state index in [9.17, 15) is 5.26 Å². The van der Waals surface area contributed by atoms with Gasteiger partial charge < -0.3 is 11.1 Å². The average molecular weight is 339 g/mol. The number of anilines is 3.